The Morgan fingerprint density at radius 2 is 1.93 bits per heavy atom. The van der Waals surface area contributed by atoms with Crippen LogP contribution >= 0.6 is 15.9 Å². The minimum atomic E-state index is -0.482. The topological polar surface area (TPSA) is 35.5 Å². The van der Waals surface area contributed by atoms with Gasteiger partial charge in [-0.05, 0) is 6.07 Å². The van der Waals surface area contributed by atoms with Gasteiger partial charge in [0.05, 0.1) is 6.42 Å². The van der Waals surface area contributed by atoms with Crippen molar-refractivity contribution in [2.45, 2.75) is 12.7 Å². The van der Waals surface area contributed by atoms with Crippen LogP contribution in [0.4, 0.5) is 0 Å². The van der Waals surface area contributed by atoms with E-state index in [9.17, 15) is 4.79 Å². The highest BCUT2D eigenvalue weighted by atomic mass is 79.9. The molecule has 4 heteroatoms. The van der Waals surface area contributed by atoms with Crippen LogP contribution in [0.15, 0.2) is 28.7 Å². The van der Waals surface area contributed by atoms with Gasteiger partial charge in [0.15, 0.2) is 12.1 Å². The number of hydrogen-bond donors (Lipinski definition) is 0. The number of benzene rings is 1. The Morgan fingerprint density at radius 1 is 1.33 bits per heavy atom. The van der Waals surface area contributed by atoms with E-state index in [0.29, 0.717) is 5.56 Å². The SMILES string of the molecule is COC(CC(=O)c1ccccc1Br)OC. The summed E-state index contributed by atoms with van der Waals surface area (Å²) in [5.41, 5.74) is 0.650. The van der Waals surface area contributed by atoms with Crippen LogP contribution in [-0.4, -0.2) is 26.3 Å². The van der Waals surface area contributed by atoms with E-state index >= 15 is 0 Å². The molecule has 0 saturated carbocycles. The maximum Gasteiger partial charge on any atom is 0.169 e. The van der Waals surface area contributed by atoms with Gasteiger partial charge in [0.2, 0.25) is 0 Å². The molecule has 0 aliphatic heterocycles. The molecule has 0 spiro atoms. The van der Waals surface area contributed by atoms with Crippen molar-refractivity contribution in [2.75, 3.05) is 14.2 Å². The summed E-state index contributed by atoms with van der Waals surface area (Å²) in [6, 6.07) is 7.30. The van der Waals surface area contributed by atoms with E-state index in [4.69, 9.17) is 9.47 Å². The Balaban J connectivity index is 2.73. The summed E-state index contributed by atoms with van der Waals surface area (Å²) >= 11 is 3.33. The van der Waals surface area contributed by atoms with Gasteiger partial charge in [-0.3, -0.25) is 4.79 Å². The van der Waals surface area contributed by atoms with Crippen LogP contribution in [-0.2, 0) is 9.47 Å². The summed E-state index contributed by atoms with van der Waals surface area (Å²) in [5.74, 6) is -0.00354. The largest absolute Gasteiger partial charge is 0.355 e. The molecule has 82 valence electrons. The summed E-state index contributed by atoms with van der Waals surface area (Å²) in [4.78, 5) is 11.8. The molecule has 0 aliphatic carbocycles. The van der Waals surface area contributed by atoms with Crippen molar-refractivity contribution in [2.24, 2.45) is 0 Å². The summed E-state index contributed by atoms with van der Waals surface area (Å²) in [6.45, 7) is 0. The van der Waals surface area contributed by atoms with E-state index in [1.54, 1.807) is 6.07 Å². The fourth-order valence-electron chi connectivity index (χ4n) is 1.21. The summed E-state index contributed by atoms with van der Waals surface area (Å²) in [5, 5.41) is 0. The normalized spacial score (nSPS) is 10.7. The average molecular weight is 273 g/mol. The molecular formula is C11H13BrO3. The van der Waals surface area contributed by atoms with E-state index in [1.807, 2.05) is 18.2 Å². The minimum Gasteiger partial charge on any atom is -0.355 e. The standard InChI is InChI=1S/C11H13BrO3/c1-14-11(15-2)7-10(13)8-5-3-4-6-9(8)12/h3-6,11H,7H2,1-2H3. The number of hydrogen-bond acceptors (Lipinski definition) is 3. The predicted octanol–water partition coefficient (Wildman–Crippen LogP) is 2.64. The quantitative estimate of drug-likeness (QED) is 0.611. The van der Waals surface area contributed by atoms with Gasteiger partial charge in [-0.25, -0.2) is 0 Å². The predicted molar refractivity (Wildman–Crippen MR) is 60.9 cm³/mol. The van der Waals surface area contributed by atoms with Crippen LogP contribution in [0, 0.1) is 0 Å². The van der Waals surface area contributed by atoms with Gasteiger partial charge in [-0.15, -0.1) is 0 Å². The first-order chi connectivity index (χ1) is 7.19. The van der Waals surface area contributed by atoms with Gasteiger partial charge >= 0.3 is 0 Å². The van der Waals surface area contributed by atoms with Crippen LogP contribution in [0.3, 0.4) is 0 Å². The molecule has 0 heterocycles. The maximum atomic E-state index is 11.8. The Labute approximate surface area is 97.5 Å². The third-order valence-electron chi connectivity index (χ3n) is 2.05. The fourth-order valence-corrected chi connectivity index (χ4v) is 1.72. The lowest BCUT2D eigenvalue weighted by molar-refractivity contribution is -0.0993. The molecule has 0 aromatic heterocycles. The molecule has 0 fully saturated rings. The Bertz CT molecular complexity index is 334. The van der Waals surface area contributed by atoms with Crippen molar-refractivity contribution in [3.8, 4) is 0 Å². The number of ketones is 1. The first-order valence-electron chi connectivity index (χ1n) is 4.52. The maximum absolute atomic E-state index is 11.8. The van der Waals surface area contributed by atoms with Crippen LogP contribution in [0.1, 0.15) is 16.8 Å². The molecule has 1 aromatic rings. The fraction of sp³-hybridized carbons (Fsp3) is 0.364. The summed E-state index contributed by atoms with van der Waals surface area (Å²) in [7, 11) is 3.03. The molecule has 0 atom stereocenters. The zero-order valence-corrected chi connectivity index (χ0v) is 10.3. The highest BCUT2D eigenvalue weighted by Gasteiger charge is 2.15. The van der Waals surface area contributed by atoms with E-state index in [1.165, 1.54) is 14.2 Å². The Kier molecular flexibility index (Phi) is 4.94. The van der Waals surface area contributed by atoms with E-state index < -0.39 is 6.29 Å². The van der Waals surface area contributed by atoms with Gasteiger partial charge < -0.3 is 9.47 Å². The molecule has 0 aliphatic rings. The number of Topliss-reactive ketones (excluding diaryl/α,β-unsaturated/α-hetero) is 1. The van der Waals surface area contributed by atoms with Gasteiger partial charge in [-0.1, -0.05) is 34.1 Å². The van der Waals surface area contributed by atoms with E-state index in [0.717, 1.165) is 4.47 Å². The van der Waals surface area contributed by atoms with Crippen molar-refractivity contribution >= 4 is 21.7 Å². The average Bonchev–Trinajstić information content (AvgIpc) is 2.26. The minimum absolute atomic E-state index is 0.00354. The second-order valence-electron chi connectivity index (χ2n) is 3.01. The Hall–Kier alpha value is -0.710. The molecule has 0 saturated heterocycles. The van der Waals surface area contributed by atoms with Crippen molar-refractivity contribution < 1.29 is 14.3 Å². The number of carbonyl (C=O) groups excluding carboxylic acids is 1. The van der Waals surface area contributed by atoms with Crippen LogP contribution < -0.4 is 0 Å². The summed E-state index contributed by atoms with van der Waals surface area (Å²) < 4.78 is 10.7. The number of rotatable bonds is 5. The molecule has 0 unspecified atom stereocenters. The van der Waals surface area contributed by atoms with Gasteiger partial charge in [0.25, 0.3) is 0 Å². The molecule has 1 rings (SSSR count). The Morgan fingerprint density at radius 3 is 2.47 bits per heavy atom. The number of halogens is 1. The highest BCUT2D eigenvalue weighted by Crippen LogP contribution is 2.18. The third-order valence-corrected chi connectivity index (χ3v) is 2.74. The van der Waals surface area contributed by atoms with Crippen molar-refractivity contribution in [3.63, 3.8) is 0 Å². The van der Waals surface area contributed by atoms with Gasteiger partial charge in [0.1, 0.15) is 0 Å². The van der Waals surface area contributed by atoms with Crippen molar-refractivity contribution in [3.05, 3.63) is 34.3 Å². The van der Waals surface area contributed by atoms with E-state index in [-0.39, 0.29) is 12.2 Å². The second kappa shape index (κ2) is 6.00. The molecular weight excluding hydrogens is 260 g/mol. The monoisotopic (exact) mass is 272 g/mol. The van der Waals surface area contributed by atoms with E-state index in [2.05, 4.69) is 15.9 Å². The lowest BCUT2D eigenvalue weighted by Gasteiger charge is -2.12. The molecule has 0 amide bonds. The second-order valence-corrected chi connectivity index (χ2v) is 3.86. The van der Waals surface area contributed by atoms with Crippen LogP contribution in [0.2, 0.25) is 0 Å². The number of ether oxygens (including phenoxy) is 2. The highest BCUT2D eigenvalue weighted by molar-refractivity contribution is 9.10. The lowest BCUT2D eigenvalue weighted by Crippen LogP contribution is -2.18. The molecule has 0 radical (unpaired) electrons. The molecule has 1 aromatic carbocycles. The van der Waals surface area contributed by atoms with Gasteiger partial charge in [0, 0.05) is 24.3 Å². The van der Waals surface area contributed by atoms with Crippen molar-refractivity contribution in [1.82, 2.24) is 0 Å². The number of methoxy groups -OCH3 is 2. The van der Waals surface area contributed by atoms with Gasteiger partial charge in [-0.2, -0.15) is 0 Å². The molecule has 0 bridgehead atoms. The molecule has 3 nitrogen and oxygen atoms in total. The third kappa shape index (κ3) is 3.41. The smallest absolute Gasteiger partial charge is 0.169 e. The first kappa shape index (κ1) is 12.4. The zero-order valence-electron chi connectivity index (χ0n) is 8.70. The van der Waals surface area contributed by atoms with Crippen molar-refractivity contribution in [1.29, 1.82) is 0 Å². The van der Waals surface area contributed by atoms with Crippen LogP contribution in [0.25, 0.3) is 0 Å². The zero-order chi connectivity index (χ0) is 11.3. The molecule has 15 heavy (non-hydrogen) atoms. The molecule has 0 N–H and O–H groups in total. The number of carbonyl (C=O) groups is 1. The summed E-state index contributed by atoms with van der Waals surface area (Å²) in [6.07, 6.45) is -0.264. The lowest BCUT2D eigenvalue weighted by atomic mass is 10.1. The first-order valence-corrected chi connectivity index (χ1v) is 5.31. The van der Waals surface area contributed by atoms with Crippen LogP contribution in [0.5, 0.6) is 0 Å².